The fourth-order valence-corrected chi connectivity index (χ4v) is 6.16. The topological polar surface area (TPSA) is 139 Å². The summed E-state index contributed by atoms with van der Waals surface area (Å²) in [5.41, 5.74) is 7.98. The van der Waals surface area contributed by atoms with Crippen LogP contribution in [0.25, 0.3) is 10.9 Å². The summed E-state index contributed by atoms with van der Waals surface area (Å²) in [4.78, 5) is 46.8. The summed E-state index contributed by atoms with van der Waals surface area (Å²) in [6, 6.07) is 14.1. The van der Waals surface area contributed by atoms with Crippen LogP contribution in [0.3, 0.4) is 0 Å². The molecule has 1 saturated heterocycles. The summed E-state index contributed by atoms with van der Waals surface area (Å²) in [7, 11) is 1.65. The number of benzene rings is 2. The molecule has 0 radical (unpaired) electrons. The molecule has 1 unspecified atom stereocenters. The van der Waals surface area contributed by atoms with E-state index < -0.39 is 29.6 Å². The summed E-state index contributed by atoms with van der Waals surface area (Å²) in [6.45, 7) is 10.00. The number of aromatic amines is 1. The fraction of sp³-hybridized carbons (Fsp3) is 0.528. The van der Waals surface area contributed by atoms with Crippen LogP contribution < -0.4 is 21.1 Å². The molecule has 2 aromatic carbocycles. The zero-order valence-electron chi connectivity index (χ0n) is 27.9. The van der Waals surface area contributed by atoms with E-state index in [1.807, 2.05) is 55.6 Å². The Kier molecular flexibility index (Phi) is 12.2. The monoisotopic (exact) mass is 633 g/mol. The van der Waals surface area contributed by atoms with E-state index in [0.717, 1.165) is 53.6 Å². The summed E-state index contributed by atoms with van der Waals surface area (Å²) in [5.74, 6) is -0.950. The number of unbranched alkanes of at least 4 members (excludes halogenated alkanes) is 1. The lowest BCUT2D eigenvalue weighted by Crippen LogP contribution is -2.56. The standard InChI is InChI=1S/C36H51N5O5/c1-24(29-21-38-30-16-7-6-15-28(29)30)32(34(43)39-31(17-8-9-18-37)35(44)46-36(2,3)4)40-33(42)26-13-11-19-41(23-26)22-25-12-10-14-27(20-25)45-5/h6-7,10,12,14-16,20-21,24,26,31-32,38H,8-9,11,13,17-19,22-23,37H2,1-5H3,(H,39,43)(H,40,42)/t24-,26?,31-,32-/m0/s1. The highest BCUT2D eigenvalue weighted by molar-refractivity contribution is 5.93. The van der Waals surface area contributed by atoms with Crippen molar-refractivity contribution in [2.24, 2.45) is 11.7 Å². The van der Waals surface area contributed by atoms with Crippen molar-refractivity contribution in [3.8, 4) is 5.75 Å². The largest absolute Gasteiger partial charge is 0.497 e. The third-order valence-corrected chi connectivity index (χ3v) is 8.56. The van der Waals surface area contributed by atoms with E-state index in [9.17, 15) is 14.4 Å². The van der Waals surface area contributed by atoms with Gasteiger partial charge in [0.15, 0.2) is 0 Å². The van der Waals surface area contributed by atoms with E-state index in [-0.39, 0.29) is 17.7 Å². The Labute approximate surface area is 272 Å². The van der Waals surface area contributed by atoms with Gasteiger partial charge in [-0.05, 0) is 95.3 Å². The molecule has 2 amide bonds. The van der Waals surface area contributed by atoms with Gasteiger partial charge in [0.05, 0.1) is 13.0 Å². The Morgan fingerprint density at radius 2 is 1.87 bits per heavy atom. The Bertz CT molecular complexity index is 1460. The van der Waals surface area contributed by atoms with Crippen molar-refractivity contribution in [1.82, 2.24) is 20.5 Å². The van der Waals surface area contributed by atoms with Gasteiger partial charge in [0.1, 0.15) is 23.4 Å². The number of nitrogens with zero attached hydrogens (tertiary/aromatic N) is 1. The van der Waals surface area contributed by atoms with Crippen LogP contribution in [0.4, 0.5) is 0 Å². The normalized spacial score (nSPS) is 17.6. The highest BCUT2D eigenvalue weighted by Crippen LogP contribution is 2.29. The second-order valence-electron chi connectivity index (χ2n) is 13.4. The number of nitrogens with one attached hydrogen (secondary N) is 3. The van der Waals surface area contributed by atoms with Crippen LogP contribution in [0.2, 0.25) is 0 Å². The minimum Gasteiger partial charge on any atom is -0.497 e. The Hall–Kier alpha value is -3.89. The van der Waals surface area contributed by atoms with E-state index in [2.05, 4.69) is 26.6 Å². The number of hydrogen-bond donors (Lipinski definition) is 4. The molecule has 0 saturated carbocycles. The second kappa shape index (κ2) is 16.1. The van der Waals surface area contributed by atoms with Gasteiger partial charge in [0.2, 0.25) is 11.8 Å². The number of H-pyrrole nitrogens is 1. The smallest absolute Gasteiger partial charge is 0.329 e. The Morgan fingerprint density at radius 1 is 1.09 bits per heavy atom. The minimum absolute atomic E-state index is 0.167. The maximum absolute atomic E-state index is 14.1. The van der Waals surface area contributed by atoms with Crippen LogP contribution in [0, 0.1) is 5.92 Å². The second-order valence-corrected chi connectivity index (χ2v) is 13.4. The molecule has 1 aromatic heterocycles. The number of carbonyl (C=O) groups excluding carboxylic acids is 3. The molecule has 46 heavy (non-hydrogen) atoms. The highest BCUT2D eigenvalue weighted by Gasteiger charge is 2.36. The molecule has 250 valence electrons. The third-order valence-electron chi connectivity index (χ3n) is 8.56. The molecule has 5 N–H and O–H groups in total. The lowest BCUT2D eigenvalue weighted by atomic mass is 9.90. The summed E-state index contributed by atoms with van der Waals surface area (Å²) >= 11 is 0. The molecular formula is C36H51N5O5. The van der Waals surface area contributed by atoms with Gasteiger partial charge in [-0.25, -0.2) is 4.79 Å². The SMILES string of the molecule is COc1cccc(CN2CCCC(C(=O)N[C@H](C(=O)N[C@@H](CCCCN)C(=O)OC(C)(C)C)[C@@H](C)c3c[nH]c4ccccc34)C2)c1. The van der Waals surface area contributed by atoms with Crippen LogP contribution in [0.5, 0.6) is 5.75 Å². The van der Waals surface area contributed by atoms with Crippen LogP contribution in [0.1, 0.15) is 76.8 Å². The van der Waals surface area contributed by atoms with Crippen molar-refractivity contribution in [2.45, 2.75) is 89.9 Å². The van der Waals surface area contributed by atoms with E-state index in [1.165, 1.54) is 0 Å². The van der Waals surface area contributed by atoms with E-state index in [1.54, 1.807) is 27.9 Å². The lowest BCUT2D eigenvalue weighted by Gasteiger charge is -2.34. The van der Waals surface area contributed by atoms with Gasteiger partial charge in [0.25, 0.3) is 0 Å². The zero-order valence-corrected chi connectivity index (χ0v) is 27.9. The van der Waals surface area contributed by atoms with Crippen LogP contribution in [-0.2, 0) is 25.7 Å². The predicted octanol–water partition coefficient (Wildman–Crippen LogP) is 4.63. The summed E-state index contributed by atoms with van der Waals surface area (Å²) in [5, 5.41) is 7.05. The molecule has 4 atom stereocenters. The molecule has 10 nitrogen and oxygen atoms in total. The Morgan fingerprint density at radius 3 is 2.61 bits per heavy atom. The number of piperidine rings is 1. The number of likely N-dealkylation sites (tertiary alicyclic amines) is 1. The molecule has 3 aromatic rings. The minimum atomic E-state index is -0.917. The summed E-state index contributed by atoms with van der Waals surface area (Å²) < 4.78 is 11.0. The van der Waals surface area contributed by atoms with Crippen molar-refractivity contribution < 1.29 is 23.9 Å². The number of ether oxygens (including phenoxy) is 2. The van der Waals surface area contributed by atoms with Gasteiger partial charge in [-0.1, -0.05) is 37.3 Å². The van der Waals surface area contributed by atoms with Gasteiger partial charge >= 0.3 is 5.97 Å². The number of carbonyl (C=O) groups is 3. The maximum Gasteiger partial charge on any atom is 0.329 e. The molecule has 0 aliphatic carbocycles. The first-order chi connectivity index (χ1) is 22.0. The number of rotatable bonds is 14. The zero-order chi connectivity index (χ0) is 33.3. The van der Waals surface area contributed by atoms with Gasteiger partial charge < -0.3 is 30.8 Å². The molecular weight excluding hydrogens is 582 g/mol. The molecule has 0 spiro atoms. The van der Waals surface area contributed by atoms with Gasteiger partial charge in [-0.3, -0.25) is 14.5 Å². The number of fused-ring (bicyclic) bond motifs is 1. The molecule has 1 aliphatic rings. The molecule has 2 heterocycles. The number of methoxy groups -OCH3 is 1. The first kappa shape index (κ1) is 35.0. The van der Waals surface area contributed by atoms with Crippen LogP contribution in [-0.4, -0.2) is 72.1 Å². The van der Waals surface area contributed by atoms with Crippen molar-refractivity contribution in [1.29, 1.82) is 0 Å². The average Bonchev–Trinajstić information content (AvgIpc) is 3.46. The van der Waals surface area contributed by atoms with Crippen LogP contribution in [0.15, 0.2) is 54.7 Å². The Balaban J connectivity index is 1.55. The summed E-state index contributed by atoms with van der Waals surface area (Å²) in [6.07, 6.45) is 5.26. The molecule has 1 aliphatic heterocycles. The number of esters is 1. The number of para-hydroxylation sites is 1. The van der Waals surface area contributed by atoms with E-state index >= 15 is 0 Å². The van der Waals surface area contributed by atoms with Crippen molar-refractivity contribution in [3.63, 3.8) is 0 Å². The van der Waals surface area contributed by atoms with Crippen molar-refractivity contribution in [2.75, 3.05) is 26.7 Å². The van der Waals surface area contributed by atoms with E-state index in [0.29, 0.717) is 32.5 Å². The molecule has 10 heteroatoms. The van der Waals surface area contributed by atoms with Gasteiger partial charge in [-0.2, -0.15) is 0 Å². The molecule has 4 rings (SSSR count). The number of amides is 2. The average molecular weight is 634 g/mol. The van der Waals surface area contributed by atoms with Gasteiger partial charge in [-0.15, -0.1) is 0 Å². The highest BCUT2D eigenvalue weighted by atomic mass is 16.6. The predicted molar refractivity (Wildman–Crippen MR) is 180 cm³/mol. The molecule has 1 fully saturated rings. The number of nitrogens with two attached hydrogens (primary N) is 1. The first-order valence-electron chi connectivity index (χ1n) is 16.4. The van der Waals surface area contributed by atoms with Crippen LogP contribution >= 0.6 is 0 Å². The van der Waals surface area contributed by atoms with E-state index in [4.69, 9.17) is 15.2 Å². The van der Waals surface area contributed by atoms with Gasteiger partial charge in [0, 0.05) is 36.1 Å². The maximum atomic E-state index is 14.1. The first-order valence-corrected chi connectivity index (χ1v) is 16.4. The third kappa shape index (κ3) is 9.56. The number of hydrogen-bond acceptors (Lipinski definition) is 7. The lowest BCUT2D eigenvalue weighted by molar-refractivity contribution is -0.159. The van der Waals surface area contributed by atoms with Crippen molar-refractivity contribution >= 4 is 28.7 Å². The number of aromatic nitrogens is 1. The van der Waals surface area contributed by atoms with Crippen molar-refractivity contribution in [3.05, 3.63) is 65.9 Å². The fourth-order valence-electron chi connectivity index (χ4n) is 6.16. The quantitative estimate of drug-likeness (QED) is 0.150. The molecule has 0 bridgehead atoms.